The zero-order chi connectivity index (χ0) is 20.3. The molecule has 2 aliphatic rings. The third-order valence-corrected chi connectivity index (χ3v) is 5.22. The molecule has 1 amide bonds. The molecule has 2 atom stereocenters. The molecule has 148 valence electrons. The van der Waals surface area contributed by atoms with Gasteiger partial charge in [0, 0.05) is 12.7 Å². The predicted molar refractivity (Wildman–Crippen MR) is 96.0 cm³/mol. The van der Waals surface area contributed by atoms with Crippen molar-refractivity contribution in [1.29, 1.82) is 0 Å². The smallest absolute Gasteiger partial charge is 0.352 e. The number of nitrogens with zero attached hydrogens (tertiary/aromatic N) is 1. The van der Waals surface area contributed by atoms with Crippen LogP contribution in [-0.4, -0.2) is 57.8 Å². The summed E-state index contributed by atoms with van der Waals surface area (Å²) in [6.45, 7) is 0.645. The van der Waals surface area contributed by atoms with E-state index in [1.54, 1.807) is 30.3 Å². The molecular formula is C18H17NO8S. The van der Waals surface area contributed by atoms with Gasteiger partial charge in [-0.05, 0) is 12.1 Å². The number of para-hydroxylation sites is 1. The number of aliphatic carboxylic acids is 1. The lowest BCUT2D eigenvalue weighted by atomic mass is 10.1. The first-order valence-electron chi connectivity index (χ1n) is 8.31. The fourth-order valence-corrected chi connectivity index (χ4v) is 4.03. The molecule has 2 heterocycles. The monoisotopic (exact) mass is 407 g/mol. The van der Waals surface area contributed by atoms with Gasteiger partial charge in [0.15, 0.2) is 6.61 Å². The summed E-state index contributed by atoms with van der Waals surface area (Å²) in [6, 6.07) is 8.54. The molecular weight excluding hydrogens is 390 g/mol. The number of carbonyl (C=O) groups excluding carboxylic acids is 3. The van der Waals surface area contributed by atoms with E-state index in [-0.39, 0.29) is 34.7 Å². The molecule has 1 unspecified atom stereocenters. The molecule has 0 saturated carbocycles. The summed E-state index contributed by atoms with van der Waals surface area (Å²) >= 11 is 1.31. The molecule has 1 fully saturated rings. The van der Waals surface area contributed by atoms with Crippen LogP contribution in [-0.2, 0) is 28.7 Å². The van der Waals surface area contributed by atoms with E-state index in [1.165, 1.54) is 11.8 Å². The highest BCUT2D eigenvalue weighted by atomic mass is 32.2. The first-order chi connectivity index (χ1) is 13.4. The summed E-state index contributed by atoms with van der Waals surface area (Å²) in [4.78, 5) is 48.3. The summed E-state index contributed by atoms with van der Waals surface area (Å²) in [5, 5.41) is 9.27. The Kier molecular flexibility index (Phi) is 5.88. The molecule has 0 bridgehead atoms. The lowest BCUT2D eigenvalue weighted by Gasteiger charge is -2.44. The van der Waals surface area contributed by atoms with E-state index in [0.717, 1.165) is 11.8 Å². The van der Waals surface area contributed by atoms with Gasteiger partial charge < -0.3 is 19.3 Å². The molecule has 3 rings (SSSR count). The Labute approximate surface area is 164 Å². The van der Waals surface area contributed by atoms with E-state index in [9.17, 15) is 24.3 Å². The fourth-order valence-electron chi connectivity index (χ4n) is 2.75. The minimum absolute atomic E-state index is 0.0325. The van der Waals surface area contributed by atoms with Gasteiger partial charge in [0.1, 0.15) is 11.4 Å². The number of benzene rings is 1. The third kappa shape index (κ3) is 4.28. The quantitative estimate of drug-likeness (QED) is 0.403. The summed E-state index contributed by atoms with van der Waals surface area (Å²) in [5.74, 6) is -2.75. The largest absolute Gasteiger partial charge is 0.482 e. The Hall–Kier alpha value is -3.01. The van der Waals surface area contributed by atoms with Crippen LogP contribution in [0.3, 0.4) is 0 Å². The van der Waals surface area contributed by atoms with Crippen LogP contribution < -0.4 is 4.74 Å². The van der Waals surface area contributed by atoms with Crippen molar-refractivity contribution in [1.82, 2.24) is 4.90 Å². The van der Waals surface area contributed by atoms with Crippen LogP contribution in [0.1, 0.15) is 13.3 Å². The first kappa shape index (κ1) is 19.7. The van der Waals surface area contributed by atoms with Crippen LogP contribution in [0.4, 0.5) is 0 Å². The lowest BCUT2D eigenvalue weighted by molar-refractivity contribution is -0.181. The Balaban J connectivity index is 1.77. The SMILES string of the molecule is CC(=O)OC(OC(=O)COc1ccccc1)C1=C(C(=O)O)N2C(=O)C[C@H]2SC1. The lowest BCUT2D eigenvalue weighted by Crippen LogP contribution is -2.55. The maximum atomic E-state index is 12.2. The number of fused-ring (bicyclic) bond motifs is 1. The van der Waals surface area contributed by atoms with Gasteiger partial charge in [-0.15, -0.1) is 11.8 Å². The highest BCUT2D eigenvalue weighted by Gasteiger charge is 2.47. The van der Waals surface area contributed by atoms with Crippen molar-refractivity contribution < 1.29 is 38.5 Å². The van der Waals surface area contributed by atoms with Gasteiger partial charge in [-0.3, -0.25) is 14.5 Å². The number of carboxylic acid groups (broad SMARTS) is 1. The number of β-lactam (4-membered cyclic amide) rings is 1. The van der Waals surface area contributed by atoms with Gasteiger partial charge in [0.25, 0.3) is 6.29 Å². The Morgan fingerprint density at radius 1 is 1.25 bits per heavy atom. The molecule has 1 aromatic carbocycles. The number of ether oxygens (including phenoxy) is 3. The summed E-state index contributed by atoms with van der Waals surface area (Å²) in [6.07, 6.45) is -1.32. The molecule has 0 spiro atoms. The number of rotatable bonds is 7. The zero-order valence-corrected chi connectivity index (χ0v) is 15.6. The second kappa shape index (κ2) is 8.34. The van der Waals surface area contributed by atoms with Crippen molar-refractivity contribution in [2.45, 2.75) is 25.0 Å². The number of hydrogen-bond donors (Lipinski definition) is 1. The average Bonchev–Trinajstić information content (AvgIpc) is 2.64. The van der Waals surface area contributed by atoms with Gasteiger partial charge in [-0.25, -0.2) is 9.59 Å². The van der Waals surface area contributed by atoms with Crippen LogP contribution in [0, 0.1) is 0 Å². The molecule has 0 radical (unpaired) electrons. The molecule has 0 aliphatic carbocycles. The summed E-state index contributed by atoms with van der Waals surface area (Å²) in [7, 11) is 0. The Morgan fingerprint density at radius 3 is 2.57 bits per heavy atom. The van der Waals surface area contributed by atoms with E-state index in [4.69, 9.17) is 14.2 Å². The van der Waals surface area contributed by atoms with Crippen molar-refractivity contribution in [3.63, 3.8) is 0 Å². The molecule has 0 aromatic heterocycles. The number of esters is 2. The fraction of sp³-hybridized carbons (Fsp3) is 0.333. The van der Waals surface area contributed by atoms with Gasteiger partial charge in [0.05, 0.1) is 17.4 Å². The van der Waals surface area contributed by atoms with Gasteiger partial charge in [-0.1, -0.05) is 18.2 Å². The second-order valence-electron chi connectivity index (χ2n) is 5.95. The molecule has 9 nitrogen and oxygen atoms in total. The van der Waals surface area contributed by atoms with Crippen molar-refractivity contribution >= 4 is 35.6 Å². The molecule has 10 heteroatoms. The minimum atomic E-state index is -1.56. The predicted octanol–water partition coefficient (Wildman–Crippen LogP) is 1.14. The van der Waals surface area contributed by atoms with Crippen LogP contribution in [0.5, 0.6) is 5.75 Å². The van der Waals surface area contributed by atoms with E-state index in [2.05, 4.69) is 0 Å². The summed E-state index contributed by atoms with van der Waals surface area (Å²) < 4.78 is 15.5. The molecule has 1 N–H and O–H groups in total. The maximum Gasteiger partial charge on any atom is 0.352 e. The van der Waals surface area contributed by atoms with E-state index in [1.807, 2.05) is 0 Å². The van der Waals surface area contributed by atoms with Gasteiger partial charge in [-0.2, -0.15) is 0 Å². The van der Waals surface area contributed by atoms with Gasteiger partial charge in [0.2, 0.25) is 5.91 Å². The number of thioether (sulfide) groups is 1. The second-order valence-corrected chi connectivity index (χ2v) is 7.11. The molecule has 28 heavy (non-hydrogen) atoms. The van der Waals surface area contributed by atoms with E-state index in [0.29, 0.717) is 5.75 Å². The van der Waals surface area contributed by atoms with Crippen molar-refractivity contribution in [2.75, 3.05) is 12.4 Å². The number of carbonyl (C=O) groups is 4. The van der Waals surface area contributed by atoms with Crippen LogP contribution in [0.15, 0.2) is 41.6 Å². The highest BCUT2D eigenvalue weighted by Crippen LogP contribution is 2.41. The average molecular weight is 407 g/mol. The zero-order valence-electron chi connectivity index (χ0n) is 14.8. The van der Waals surface area contributed by atoms with E-state index < -0.39 is 30.8 Å². The van der Waals surface area contributed by atoms with Crippen molar-refractivity contribution in [2.24, 2.45) is 0 Å². The maximum absolute atomic E-state index is 12.2. The van der Waals surface area contributed by atoms with Crippen molar-refractivity contribution in [3.05, 3.63) is 41.6 Å². The Bertz CT molecular complexity index is 837. The first-order valence-corrected chi connectivity index (χ1v) is 9.36. The summed E-state index contributed by atoms with van der Waals surface area (Å²) in [5.41, 5.74) is -0.284. The van der Waals surface area contributed by atoms with Gasteiger partial charge >= 0.3 is 17.9 Å². The molecule has 1 saturated heterocycles. The van der Waals surface area contributed by atoms with Crippen molar-refractivity contribution in [3.8, 4) is 5.75 Å². The number of hydrogen-bond acceptors (Lipinski definition) is 8. The normalized spacial score (nSPS) is 19.2. The van der Waals surface area contributed by atoms with Crippen LogP contribution in [0.2, 0.25) is 0 Å². The minimum Gasteiger partial charge on any atom is -0.482 e. The Morgan fingerprint density at radius 2 is 1.96 bits per heavy atom. The van der Waals surface area contributed by atoms with E-state index >= 15 is 0 Å². The topological polar surface area (TPSA) is 119 Å². The van der Waals surface area contributed by atoms with Crippen LogP contribution >= 0.6 is 11.8 Å². The molecule has 2 aliphatic heterocycles. The highest BCUT2D eigenvalue weighted by molar-refractivity contribution is 8.00. The number of amides is 1. The third-order valence-electron chi connectivity index (χ3n) is 3.98. The van der Waals surface area contributed by atoms with Crippen LogP contribution in [0.25, 0.3) is 0 Å². The molecule has 1 aromatic rings. The number of carboxylic acids is 1. The standard InChI is InChI=1S/C18H17NO8S/c1-10(20)26-18(27-15(22)8-25-11-5-3-2-4-6-11)12-9-28-14-7-13(21)19(14)16(12)17(23)24/h2-6,14,18H,7-9H2,1H3,(H,23,24)/t14-,18?/m1/s1.